The third kappa shape index (κ3) is 3.78. The number of carbonyl (C=O) groups is 1. The summed E-state index contributed by atoms with van der Waals surface area (Å²) >= 11 is 1.54. The molecule has 1 aromatic rings. The Morgan fingerprint density at radius 1 is 1.45 bits per heavy atom. The minimum atomic E-state index is -0.364. The van der Waals surface area contributed by atoms with E-state index in [2.05, 4.69) is 4.90 Å². The van der Waals surface area contributed by atoms with E-state index in [-0.39, 0.29) is 21.9 Å². The van der Waals surface area contributed by atoms with Crippen LogP contribution in [0.15, 0.2) is 18.2 Å². The van der Waals surface area contributed by atoms with Crippen LogP contribution in [0.25, 0.3) is 0 Å². The minimum Gasteiger partial charge on any atom is -0.326 e. The first kappa shape index (κ1) is 16.8. The summed E-state index contributed by atoms with van der Waals surface area (Å²) in [6, 6.07) is 5.25. The highest BCUT2D eigenvalue weighted by molar-refractivity contribution is 8.00. The average Bonchev–Trinajstić information content (AvgIpc) is 2.80. The molecule has 1 amide bonds. The number of thioether (sulfide) groups is 1. The fourth-order valence-electron chi connectivity index (χ4n) is 2.51. The van der Waals surface area contributed by atoms with E-state index in [4.69, 9.17) is 0 Å². The predicted molar refractivity (Wildman–Crippen MR) is 87.9 cm³/mol. The molecule has 0 bridgehead atoms. The van der Waals surface area contributed by atoms with Crippen LogP contribution < -0.4 is 0 Å². The van der Waals surface area contributed by atoms with Crippen LogP contribution in [-0.2, 0) is 4.79 Å². The SMILES string of the molecule is Cc1ccc(C2SCC(=O)N2CCCN(C)C)cc1[N+](=O)[O-]. The molecule has 7 heteroatoms. The Kier molecular flexibility index (Phi) is 5.42. The monoisotopic (exact) mass is 323 g/mol. The smallest absolute Gasteiger partial charge is 0.272 e. The summed E-state index contributed by atoms with van der Waals surface area (Å²) in [5.74, 6) is 0.547. The van der Waals surface area contributed by atoms with E-state index in [1.54, 1.807) is 19.1 Å². The fourth-order valence-corrected chi connectivity index (χ4v) is 3.71. The number of benzene rings is 1. The van der Waals surface area contributed by atoms with E-state index in [1.165, 1.54) is 11.8 Å². The average molecular weight is 323 g/mol. The molecule has 0 aromatic heterocycles. The Hall–Kier alpha value is -1.60. The van der Waals surface area contributed by atoms with E-state index < -0.39 is 0 Å². The molecule has 0 radical (unpaired) electrons. The van der Waals surface area contributed by atoms with Crippen LogP contribution in [0.3, 0.4) is 0 Å². The van der Waals surface area contributed by atoms with Crippen LogP contribution >= 0.6 is 11.8 Å². The summed E-state index contributed by atoms with van der Waals surface area (Å²) in [7, 11) is 4.00. The number of rotatable bonds is 6. The first-order chi connectivity index (χ1) is 10.4. The highest BCUT2D eigenvalue weighted by Gasteiger charge is 2.33. The van der Waals surface area contributed by atoms with Crippen LogP contribution in [0.5, 0.6) is 0 Å². The van der Waals surface area contributed by atoms with Crippen LogP contribution in [-0.4, -0.2) is 53.6 Å². The molecule has 1 unspecified atom stereocenters. The third-order valence-corrected chi connectivity index (χ3v) is 4.94. The molecule has 22 heavy (non-hydrogen) atoms. The van der Waals surface area contributed by atoms with Crippen molar-refractivity contribution in [3.63, 3.8) is 0 Å². The molecule has 1 saturated heterocycles. The normalized spacial score (nSPS) is 18.3. The van der Waals surface area contributed by atoms with Gasteiger partial charge in [-0.15, -0.1) is 11.8 Å². The summed E-state index contributed by atoms with van der Waals surface area (Å²) in [5.41, 5.74) is 1.59. The summed E-state index contributed by atoms with van der Waals surface area (Å²) in [4.78, 5) is 26.7. The van der Waals surface area contributed by atoms with Gasteiger partial charge < -0.3 is 9.80 Å². The van der Waals surface area contributed by atoms with Crippen LogP contribution in [0.1, 0.15) is 22.9 Å². The molecule has 1 aromatic carbocycles. The van der Waals surface area contributed by atoms with Crippen LogP contribution in [0, 0.1) is 17.0 Å². The highest BCUT2D eigenvalue weighted by atomic mass is 32.2. The third-order valence-electron chi connectivity index (χ3n) is 3.69. The van der Waals surface area contributed by atoms with Gasteiger partial charge in [-0.2, -0.15) is 0 Å². The Bertz CT molecular complexity index is 577. The Balaban J connectivity index is 2.17. The van der Waals surface area contributed by atoms with E-state index in [0.29, 0.717) is 17.9 Å². The van der Waals surface area contributed by atoms with Gasteiger partial charge in [0.1, 0.15) is 5.37 Å². The maximum atomic E-state index is 12.1. The van der Waals surface area contributed by atoms with Crippen molar-refractivity contribution >= 4 is 23.4 Å². The van der Waals surface area contributed by atoms with Crippen molar-refractivity contribution in [1.82, 2.24) is 9.80 Å². The van der Waals surface area contributed by atoms with Crippen molar-refractivity contribution in [3.8, 4) is 0 Å². The molecule has 0 saturated carbocycles. The van der Waals surface area contributed by atoms with Gasteiger partial charge in [-0.3, -0.25) is 14.9 Å². The Morgan fingerprint density at radius 3 is 2.82 bits per heavy atom. The molecule has 0 N–H and O–H groups in total. The molecule has 1 atom stereocenters. The Labute approximate surface area is 134 Å². The number of amides is 1. The van der Waals surface area contributed by atoms with Gasteiger partial charge in [0.05, 0.1) is 10.7 Å². The van der Waals surface area contributed by atoms with Crippen molar-refractivity contribution in [2.45, 2.75) is 18.7 Å². The van der Waals surface area contributed by atoms with Gasteiger partial charge >= 0.3 is 0 Å². The molecular weight excluding hydrogens is 302 g/mol. The summed E-state index contributed by atoms with van der Waals surface area (Å²) in [5, 5.41) is 11.0. The molecule has 2 rings (SSSR count). The van der Waals surface area contributed by atoms with Gasteiger partial charge in [-0.1, -0.05) is 12.1 Å². The fraction of sp³-hybridized carbons (Fsp3) is 0.533. The zero-order chi connectivity index (χ0) is 16.3. The van der Waals surface area contributed by atoms with E-state index in [0.717, 1.165) is 18.5 Å². The summed E-state index contributed by atoms with van der Waals surface area (Å²) < 4.78 is 0. The second-order valence-electron chi connectivity index (χ2n) is 5.71. The standard InChI is InChI=1S/C15H21N3O3S/c1-11-5-6-12(9-13(11)18(20)21)15-17(14(19)10-22-15)8-4-7-16(2)3/h5-6,9,15H,4,7-8,10H2,1-3H3. The largest absolute Gasteiger partial charge is 0.326 e. The lowest BCUT2D eigenvalue weighted by Gasteiger charge is -2.25. The maximum Gasteiger partial charge on any atom is 0.272 e. The second-order valence-corrected chi connectivity index (χ2v) is 6.78. The van der Waals surface area contributed by atoms with Gasteiger partial charge in [-0.25, -0.2) is 0 Å². The molecular formula is C15H21N3O3S. The number of nitrogens with zero attached hydrogens (tertiary/aromatic N) is 3. The number of hydrogen-bond donors (Lipinski definition) is 0. The van der Waals surface area contributed by atoms with Crippen molar-refractivity contribution in [2.24, 2.45) is 0 Å². The van der Waals surface area contributed by atoms with E-state index >= 15 is 0 Å². The maximum absolute atomic E-state index is 12.1. The Morgan fingerprint density at radius 2 is 2.18 bits per heavy atom. The van der Waals surface area contributed by atoms with Crippen molar-refractivity contribution in [2.75, 3.05) is 32.9 Å². The lowest BCUT2D eigenvalue weighted by molar-refractivity contribution is -0.385. The molecule has 1 aliphatic heterocycles. The molecule has 120 valence electrons. The molecule has 1 fully saturated rings. The van der Waals surface area contributed by atoms with Gasteiger partial charge in [0.25, 0.3) is 5.69 Å². The molecule has 0 aliphatic carbocycles. The number of hydrogen-bond acceptors (Lipinski definition) is 5. The van der Waals surface area contributed by atoms with E-state index in [1.807, 2.05) is 25.1 Å². The molecule has 6 nitrogen and oxygen atoms in total. The summed E-state index contributed by atoms with van der Waals surface area (Å²) in [6.07, 6.45) is 0.893. The minimum absolute atomic E-state index is 0.108. The lowest BCUT2D eigenvalue weighted by Crippen LogP contribution is -2.31. The lowest BCUT2D eigenvalue weighted by atomic mass is 10.1. The van der Waals surface area contributed by atoms with Gasteiger partial charge in [0, 0.05) is 18.2 Å². The van der Waals surface area contributed by atoms with Gasteiger partial charge in [0.15, 0.2) is 0 Å². The van der Waals surface area contributed by atoms with Gasteiger partial charge in [0.2, 0.25) is 5.91 Å². The van der Waals surface area contributed by atoms with Crippen LogP contribution in [0.4, 0.5) is 5.69 Å². The zero-order valence-corrected chi connectivity index (χ0v) is 13.9. The first-order valence-electron chi connectivity index (χ1n) is 7.21. The van der Waals surface area contributed by atoms with Crippen molar-refractivity contribution in [1.29, 1.82) is 0 Å². The zero-order valence-electron chi connectivity index (χ0n) is 13.1. The molecule has 0 spiro atoms. The number of carbonyl (C=O) groups excluding carboxylic acids is 1. The second kappa shape index (κ2) is 7.11. The van der Waals surface area contributed by atoms with Crippen molar-refractivity contribution < 1.29 is 9.72 Å². The van der Waals surface area contributed by atoms with Gasteiger partial charge in [-0.05, 0) is 39.5 Å². The molecule has 1 aliphatic rings. The topological polar surface area (TPSA) is 66.7 Å². The quantitative estimate of drug-likeness (QED) is 0.594. The highest BCUT2D eigenvalue weighted by Crippen LogP contribution is 2.40. The van der Waals surface area contributed by atoms with Crippen LogP contribution in [0.2, 0.25) is 0 Å². The van der Waals surface area contributed by atoms with E-state index in [9.17, 15) is 14.9 Å². The first-order valence-corrected chi connectivity index (χ1v) is 8.25. The molecule has 1 heterocycles. The number of nitro benzene ring substituents is 1. The predicted octanol–water partition coefficient (Wildman–Crippen LogP) is 2.43. The number of nitro groups is 1. The summed E-state index contributed by atoms with van der Waals surface area (Å²) in [6.45, 7) is 3.31. The number of aryl methyl sites for hydroxylation is 1. The van der Waals surface area contributed by atoms with Crippen molar-refractivity contribution in [3.05, 3.63) is 39.4 Å².